The minimum absolute atomic E-state index is 0.0668. The summed E-state index contributed by atoms with van der Waals surface area (Å²) in [7, 11) is 1.83. The Kier molecular flexibility index (Phi) is 5.65. The molecule has 29 heavy (non-hydrogen) atoms. The molecule has 2 aromatic carbocycles. The standard InChI is InChI=1S/C24H28N4O/c1-19-17-23(25-28(19)22-9-5-3-6-10-22)24(29)26(2)18-20-11-13-21(14-12-20)27-15-7-4-8-16-27/h3,5-6,9-14,17H,4,7-8,15-16,18H2,1-2H3. The molecular formula is C24H28N4O. The number of hydrogen-bond acceptors (Lipinski definition) is 3. The van der Waals surface area contributed by atoms with Crippen molar-refractivity contribution in [1.82, 2.24) is 14.7 Å². The molecule has 1 aliphatic rings. The number of rotatable bonds is 5. The number of piperidine rings is 1. The Morgan fingerprint density at radius 3 is 2.34 bits per heavy atom. The molecule has 0 spiro atoms. The van der Waals surface area contributed by atoms with E-state index in [1.54, 1.807) is 4.90 Å². The van der Waals surface area contributed by atoms with Gasteiger partial charge in [0.2, 0.25) is 0 Å². The Balaban J connectivity index is 1.43. The number of nitrogens with zero attached hydrogens (tertiary/aromatic N) is 4. The summed E-state index contributed by atoms with van der Waals surface area (Å²) in [5.41, 5.74) is 4.78. The fraction of sp³-hybridized carbons (Fsp3) is 0.333. The monoisotopic (exact) mass is 388 g/mol. The van der Waals surface area contributed by atoms with Gasteiger partial charge in [-0.3, -0.25) is 4.79 Å². The molecule has 0 bridgehead atoms. The summed E-state index contributed by atoms with van der Waals surface area (Å²) >= 11 is 0. The van der Waals surface area contributed by atoms with Crippen LogP contribution in [0.2, 0.25) is 0 Å². The Bertz CT molecular complexity index is 956. The van der Waals surface area contributed by atoms with Crippen LogP contribution >= 0.6 is 0 Å². The van der Waals surface area contributed by atoms with E-state index in [2.05, 4.69) is 34.3 Å². The first-order valence-corrected chi connectivity index (χ1v) is 10.3. The van der Waals surface area contributed by atoms with Gasteiger partial charge in [-0.1, -0.05) is 30.3 Å². The average Bonchev–Trinajstić information content (AvgIpc) is 3.16. The molecule has 1 aliphatic heterocycles. The zero-order valence-corrected chi connectivity index (χ0v) is 17.2. The SMILES string of the molecule is Cc1cc(C(=O)N(C)Cc2ccc(N3CCCCC3)cc2)nn1-c1ccccc1. The Morgan fingerprint density at radius 1 is 0.966 bits per heavy atom. The van der Waals surface area contributed by atoms with Gasteiger partial charge in [0.15, 0.2) is 5.69 Å². The fourth-order valence-corrected chi connectivity index (χ4v) is 3.92. The molecule has 150 valence electrons. The van der Waals surface area contributed by atoms with Crippen molar-refractivity contribution in [3.63, 3.8) is 0 Å². The maximum absolute atomic E-state index is 12.9. The zero-order chi connectivity index (χ0) is 20.2. The highest BCUT2D eigenvalue weighted by Crippen LogP contribution is 2.21. The van der Waals surface area contributed by atoms with Crippen molar-refractivity contribution in [2.24, 2.45) is 0 Å². The van der Waals surface area contributed by atoms with Crippen LogP contribution in [0.4, 0.5) is 5.69 Å². The Labute approximate surface area is 172 Å². The fourth-order valence-electron chi connectivity index (χ4n) is 3.92. The second kappa shape index (κ2) is 8.52. The first kappa shape index (κ1) is 19.2. The predicted molar refractivity (Wildman–Crippen MR) is 117 cm³/mol. The van der Waals surface area contributed by atoms with Crippen molar-refractivity contribution in [3.05, 3.63) is 77.6 Å². The lowest BCUT2D eigenvalue weighted by Gasteiger charge is -2.29. The quantitative estimate of drug-likeness (QED) is 0.649. The normalized spacial score (nSPS) is 14.1. The lowest BCUT2D eigenvalue weighted by molar-refractivity contribution is 0.0779. The van der Waals surface area contributed by atoms with Crippen LogP contribution in [-0.4, -0.2) is 40.7 Å². The Hall–Kier alpha value is -3.08. The molecule has 5 nitrogen and oxygen atoms in total. The molecule has 1 saturated heterocycles. The van der Waals surface area contributed by atoms with Gasteiger partial charge in [0.05, 0.1) is 5.69 Å². The molecule has 3 aromatic rings. The van der Waals surface area contributed by atoms with Crippen LogP contribution in [-0.2, 0) is 6.54 Å². The summed E-state index contributed by atoms with van der Waals surface area (Å²) in [6.45, 7) is 4.81. The van der Waals surface area contributed by atoms with Crippen LogP contribution in [0, 0.1) is 6.92 Å². The summed E-state index contributed by atoms with van der Waals surface area (Å²) in [5.74, 6) is -0.0668. The van der Waals surface area contributed by atoms with E-state index < -0.39 is 0 Å². The van der Waals surface area contributed by atoms with Crippen LogP contribution in [0.15, 0.2) is 60.7 Å². The van der Waals surface area contributed by atoms with Gasteiger partial charge >= 0.3 is 0 Å². The first-order chi connectivity index (χ1) is 14.1. The maximum atomic E-state index is 12.9. The van der Waals surface area contributed by atoms with E-state index in [1.165, 1.54) is 24.9 Å². The van der Waals surface area contributed by atoms with Gasteiger partial charge in [0, 0.05) is 38.1 Å². The number of benzene rings is 2. The van der Waals surface area contributed by atoms with Crippen LogP contribution < -0.4 is 4.90 Å². The summed E-state index contributed by atoms with van der Waals surface area (Å²) in [4.78, 5) is 17.1. The minimum Gasteiger partial charge on any atom is -0.372 e. The number of aromatic nitrogens is 2. The van der Waals surface area contributed by atoms with E-state index in [9.17, 15) is 4.79 Å². The lowest BCUT2D eigenvalue weighted by Crippen LogP contribution is -2.29. The molecule has 5 heteroatoms. The number of hydrogen-bond donors (Lipinski definition) is 0. The van der Waals surface area contributed by atoms with E-state index in [-0.39, 0.29) is 5.91 Å². The van der Waals surface area contributed by atoms with Crippen molar-refractivity contribution in [2.45, 2.75) is 32.7 Å². The van der Waals surface area contributed by atoms with Gasteiger partial charge in [-0.2, -0.15) is 5.10 Å². The zero-order valence-electron chi connectivity index (χ0n) is 17.2. The number of carbonyl (C=O) groups excluding carboxylic acids is 1. The lowest BCUT2D eigenvalue weighted by atomic mass is 10.1. The number of carbonyl (C=O) groups is 1. The predicted octanol–water partition coefficient (Wildman–Crippen LogP) is 4.44. The van der Waals surface area contributed by atoms with E-state index in [1.807, 2.05) is 55.1 Å². The average molecular weight is 389 g/mol. The number of aryl methyl sites for hydroxylation is 1. The molecule has 1 fully saturated rings. The van der Waals surface area contributed by atoms with Gasteiger partial charge in [0.25, 0.3) is 5.91 Å². The topological polar surface area (TPSA) is 41.4 Å². The molecule has 0 N–H and O–H groups in total. The smallest absolute Gasteiger partial charge is 0.274 e. The van der Waals surface area contributed by atoms with Gasteiger partial charge in [0.1, 0.15) is 0 Å². The van der Waals surface area contributed by atoms with Crippen LogP contribution in [0.5, 0.6) is 0 Å². The third-order valence-corrected chi connectivity index (χ3v) is 5.53. The highest BCUT2D eigenvalue weighted by molar-refractivity contribution is 5.92. The van der Waals surface area contributed by atoms with Crippen LogP contribution in [0.25, 0.3) is 5.69 Å². The van der Waals surface area contributed by atoms with Gasteiger partial charge in [-0.15, -0.1) is 0 Å². The molecule has 0 radical (unpaired) electrons. The van der Waals surface area contributed by atoms with Gasteiger partial charge in [-0.25, -0.2) is 4.68 Å². The highest BCUT2D eigenvalue weighted by Gasteiger charge is 2.18. The molecule has 0 atom stereocenters. The summed E-state index contributed by atoms with van der Waals surface area (Å²) in [6, 6.07) is 20.3. The molecule has 0 saturated carbocycles. The molecule has 1 aromatic heterocycles. The third-order valence-electron chi connectivity index (χ3n) is 5.53. The van der Waals surface area contributed by atoms with Crippen LogP contribution in [0.3, 0.4) is 0 Å². The van der Waals surface area contributed by atoms with E-state index in [0.717, 1.165) is 30.0 Å². The molecule has 2 heterocycles. The van der Waals surface area contributed by atoms with Crippen molar-refractivity contribution in [1.29, 1.82) is 0 Å². The second-order valence-electron chi connectivity index (χ2n) is 7.79. The summed E-state index contributed by atoms with van der Waals surface area (Å²) in [6.07, 6.45) is 3.88. The van der Waals surface area contributed by atoms with Crippen molar-refractivity contribution < 1.29 is 4.79 Å². The van der Waals surface area contributed by atoms with Gasteiger partial charge in [-0.05, 0) is 62.1 Å². The van der Waals surface area contributed by atoms with Crippen molar-refractivity contribution in [2.75, 3.05) is 25.0 Å². The third kappa shape index (κ3) is 4.34. The highest BCUT2D eigenvalue weighted by atomic mass is 16.2. The molecule has 0 unspecified atom stereocenters. The number of para-hydroxylation sites is 1. The van der Waals surface area contributed by atoms with Crippen molar-refractivity contribution in [3.8, 4) is 5.69 Å². The maximum Gasteiger partial charge on any atom is 0.274 e. The molecule has 0 aliphatic carbocycles. The summed E-state index contributed by atoms with van der Waals surface area (Å²) in [5, 5.41) is 4.54. The second-order valence-corrected chi connectivity index (χ2v) is 7.79. The molecular weight excluding hydrogens is 360 g/mol. The van der Waals surface area contributed by atoms with Crippen LogP contribution in [0.1, 0.15) is 41.0 Å². The number of anilines is 1. The molecule has 1 amide bonds. The Morgan fingerprint density at radius 2 is 1.66 bits per heavy atom. The van der Waals surface area contributed by atoms with E-state index in [0.29, 0.717) is 12.2 Å². The first-order valence-electron chi connectivity index (χ1n) is 10.3. The number of amides is 1. The largest absolute Gasteiger partial charge is 0.372 e. The van der Waals surface area contributed by atoms with Gasteiger partial charge < -0.3 is 9.80 Å². The molecule has 4 rings (SSSR count). The van der Waals surface area contributed by atoms with E-state index in [4.69, 9.17) is 0 Å². The summed E-state index contributed by atoms with van der Waals surface area (Å²) < 4.78 is 1.81. The van der Waals surface area contributed by atoms with Crippen molar-refractivity contribution >= 4 is 11.6 Å². The van der Waals surface area contributed by atoms with E-state index >= 15 is 0 Å². The minimum atomic E-state index is -0.0668.